The lowest BCUT2D eigenvalue weighted by atomic mass is 10.0. The molecule has 0 aliphatic carbocycles. The van der Waals surface area contributed by atoms with Gasteiger partial charge in [0.05, 0.1) is 4.34 Å². The molecule has 1 N–H and O–H groups in total. The Balaban J connectivity index is 1.51. The molecule has 4 rings (SSSR count). The molecular weight excluding hydrogens is 437 g/mol. The normalized spacial score (nSPS) is 11.9. The van der Waals surface area contributed by atoms with E-state index < -0.39 is 0 Å². The molecule has 0 spiro atoms. The molecule has 0 aliphatic heterocycles. The number of rotatable bonds is 7. The Morgan fingerprint density at radius 1 is 0.967 bits per heavy atom. The molecule has 3 nitrogen and oxygen atoms in total. The van der Waals surface area contributed by atoms with Crippen LogP contribution >= 0.6 is 34.5 Å². The summed E-state index contributed by atoms with van der Waals surface area (Å²) >= 11 is 13.7. The van der Waals surface area contributed by atoms with Gasteiger partial charge in [-0.3, -0.25) is 4.79 Å². The van der Waals surface area contributed by atoms with Gasteiger partial charge in [-0.2, -0.15) is 0 Å². The second-order valence-corrected chi connectivity index (χ2v) is 8.98. The van der Waals surface area contributed by atoms with Crippen LogP contribution in [0.15, 0.2) is 78.9 Å². The lowest BCUT2D eigenvalue weighted by Crippen LogP contribution is -2.15. The van der Waals surface area contributed by atoms with Gasteiger partial charge in [0.25, 0.3) is 0 Å². The van der Waals surface area contributed by atoms with Gasteiger partial charge in [-0.05, 0) is 48.4 Å². The molecule has 6 heteroatoms. The first-order chi connectivity index (χ1) is 14.6. The van der Waals surface area contributed by atoms with Crippen molar-refractivity contribution in [1.29, 1.82) is 0 Å². The highest BCUT2D eigenvalue weighted by Gasteiger charge is 2.17. The van der Waals surface area contributed by atoms with E-state index in [4.69, 9.17) is 27.9 Å². The smallest absolute Gasteiger partial charge is 0.224 e. The van der Waals surface area contributed by atoms with Crippen molar-refractivity contribution in [2.75, 3.05) is 5.32 Å². The maximum Gasteiger partial charge on any atom is 0.224 e. The minimum atomic E-state index is -0.263. The number of anilines is 1. The molecule has 152 valence electrons. The molecule has 1 heterocycles. The van der Waals surface area contributed by atoms with E-state index in [9.17, 15) is 4.79 Å². The SMILES string of the molecule is O=C(CCC(Oc1cccc2sc(Cl)cc12)c1ccccc1)Nc1cccc(Cl)c1. The molecule has 1 aromatic heterocycles. The summed E-state index contributed by atoms with van der Waals surface area (Å²) in [6.07, 6.45) is 0.581. The zero-order valence-corrected chi connectivity index (χ0v) is 18.3. The van der Waals surface area contributed by atoms with Gasteiger partial charge in [0, 0.05) is 27.2 Å². The predicted molar refractivity (Wildman–Crippen MR) is 126 cm³/mol. The van der Waals surface area contributed by atoms with E-state index in [1.54, 1.807) is 18.2 Å². The van der Waals surface area contributed by atoms with Crippen LogP contribution in [0.2, 0.25) is 9.36 Å². The highest BCUT2D eigenvalue weighted by Crippen LogP contribution is 2.37. The van der Waals surface area contributed by atoms with Crippen molar-refractivity contribution in [2.45, 2.75) is 18.9 Å². The van der Waals surface area contributed by atoms with Crippen LogP contribution in [-0.4, -0.2) is 5.91 Å². The molecule has 0 fully saturated rings. The maximum absolute atomic E-state index is 12.5. The molecule has 0 radical (unpaired) electrons. The third-order valence-electron chi connectivity index (χ3n) is 4.67. The van der Waals surface area contributed by atoms with E-state index in [-0.39, 0.29) is 12.0 Å². The number of carbonyl (C=O) groups excluding carboxylic acids is 1. The first-order valence-corrected chi connectivity index (χ1v) is 11.1. The van der Waals surface area contributed by atoms with E-state index in [0.29, 0.717) is 23.6 Å². The molecule has 0 bridgehead atoms. The summed E-state index contributed by atoms with van der Waals surface area (Å²) in [4.78, 5) is 12.5. The van der Waals surface area contributed by atoms with Crippen molar-refractivity contribution in [3.63, 3.8) is 0 Å². The Morgan fingerprint density at radius 3 is 2.57 bits per heavy atom. The van der Waals surface area contributed by atoms with Gasteiger partial charge in [0.1, 0.15) is 11.9 Å². The average molecular weight is 456 g/mol. The zero-order valence-electron chi connectivity index (χ0n) is 16.0. The summed E-state index contributed by atoms with van der Waals surface area (Å²) in [6, 6.07) is 24.9. The van der Waals surface area contributed by atoms with Crippen LogP contribution in [0.1, 0.15) is 24.5 Å². The summed E-state index contributed by atoms with van der Waals surface area (Å²) in [5.74, 6) is 0.679. The lowest BCUT2D eigenvalue weighted by molar-refractivity contribution is -0.116. The van der Waals surface area contributed by atoms with Gasteiger partial charge in [0.2, 0.25) is 5.91 Å². The molecule has 0 aliphatic rings. The largest absolute Gasteiger partial charge is 0.485 e. The Kier molecular flexibility index (Phi) is 6.58. The minimum absolute atomic E-state index is 0.0846. The van der Waals surface area contributed by atoms with Crippen molar-refractivity contribution in [3.05, 3.63) is 93.8 Å². The number of fused-ring (bicyclic) bond motifs is 1. The van der Waals surface area contributed by atoms with Gasteiger partial charge in [-0.15, -0.1) is 11.3 Å². The van der Waals surface area contributed by atoms with Crippen LogP contribution in [0.3, 0.4) is 0 Å². The number of thiophene rings is 1. The van der Waals surface area contributed by atoms with Crippen molar-refractivity contribution in [3.8, 4) is 5.75 Å². The number of hydrogen-bond donors (Lipinski definition) is 1. The van der Waals surface area contributed by atoms with E-state index in [2.05, 4.69) is 5.32 Å². The van der Waals surface area contributed by atoms with Crippen LogP contribution in [0.25, 0.3) is 10.1 Å². The monoisotopic (exact) mass is 455 g/mol. The Bertz CT molecular complexity index is 1160. The summed E-state index contributed by atoms with van der Waals surface area (Å²) in [6.45, 7) is 0. The van der Waals surface area contributed by atoms with Crippen LogP contribution < -0.4 is 10.1 Å². The second kappa shape index (κ2) is 9.52. The molecule has 0 saturated heterocycles. The Labute approximate surface area is 189 Å². The van der Waals surface area contributed by atoms with Gasteiger partial charge >= 0.3 is 0 Å². The van der Waals surface area contributed by atoms with E-state index in [1.165, 1.54) is 11.3 Å². The first-order valence-electron chi connectivity index (χ1n) is 9.53. The average Bonchev–Trinajstić information content (AvgIpc) is 3.13. The molecule has 3 aromatic carbocycles. The number of carbonyl (C=O) groups is 1. The maximum atomic E-state index is 12.5. The van der Waals surface area contributed by atoms with E-state index >= 15 is 0 Å². The summed E-state index contributed by atoms with van der Waals surface area (Å²) in [5, 5.41) is 4.46. The van der Waals surface area contributed by atoms with Crippen LogP contribution in [0.4, 0.5) is 5.69 Å². The van der Waals surface area contributed by atoms with Gasteiger partial charge < -0.3 is 10.1 Å². The van der Waals surface area contributed by atoms with E-state index in [1.807, 2.05) is 60.7 Å². The predicted octanol–water partition coefficient (Wildman–Crippen LogP) is 7.75. The molecule has 1 atom stereocenters. The molecule has 1 unspecified atom stereocenters. The number of amides is 1. The first kappa shape index (κ1) is 20.7. The van der Waals surface area contributed by atoms with Crippen molar-refractivity contribution >= 4 is 56.2 Å². The second-order valence-electron chi connectivity index (χ2n) is 6.83. The molecule has 1 amide bonds. The van der Waals surface area contributed by atoms with Gasteiger partial charge in [0.15, 0.2) is 0 Å². The Morgan fingerprint density at radius 2 is 1.77 bits per heavy atom. The molecule has 4 aromatic rings. The number of benzene rings is 3. The van der Waals surface area contributed by atoms with Crippen LogP contribution in [-0.2, 0) is 4.79 Å². The van der Waals surface area contributed by atoms with Crippen LogP contribution in [0, 0.1) is 0 Å². The number of halogens is 2. The Hall–Kier alpha value is -2.53. The number of ether oxygens (including phenoxy) is 1. The fourth-order valence-electron chi connectivity index (χ4n) is 3.27. The standard InChI is InChI=1S/C24H19Cl2NO2S/c25-17-8-4-9-18(14-17)27-24(28)13-12-20(16-6-2-1-3-7-16)29-21-10-5-11-22-19(21)15-23(26)30-22/h1-11,14-15,20H,12-13H2,(H,27,28). The van der Waals surface area contributed by atoms with Gasteiger partial charge in [-0.1, -0.05) is 65.7 Å². The zero-order chi connectivity index (χ0) is 20.9. The van der Waals surface area contributed by atoms with Crippen molar-refractivity contribution in [2.24, 2.45) is 0 Å². The third-order valence-corrected chi connectivity index (χ3v) is 6.14. The molecule has 0 saturated carbocycles. The molecule has 30 heavy (non-hydrogen) atoms. The quantitative estimate of drug-likeness (QED) is 0.309. The van der Waals surface area contributed by atoms with Crippen molar-refractivity contribution in [1.82, 2.24) is 0 Å². The fraction of sp³-hybridized carbons (Fsp3) is 0.125. The van der Waals surface area contributed by atoms with Crippen molar-refractivity contribution < 1.29 is 9.53 Å². The highest BCUT2D eigenvalue weighted by molar-refractivity contribution is 7.22. The van der Waals surface area contributed by atoms with E-state index in [0.717, 1.165) is 25.7 Å². The molecular formula is C24H19Cl2NO2S. The lowest BCUT2D eigenvalue weighted by Gasteiger charge is -2.20. The highest BCUT2D eigenvalue weighted by atomic mass is 35.5. The summed E-state index contributed by atoms with van der Waals surface area (Å²) in [7, 11) is 0. The van der Waals surface area contributed by atoms with Crippen LogP contribution in [0.5, 0.6) is 5.75 Å². The summed E-state index contributed by atoms with van der Waals surface area (Å²) < 4.78 is 8.19. The number of hydrogen-bond acceptors (Lipinski definition) is 3. The third kappa shape index (κ3) is 5.14. The minimum Gasteiger partial charge on any atom is -0.485 e. The number of nitrogens with one attached hydrogen (secondary N) is 1. The topological polar surface area (TPSA) is 38.3 Å². The van der Waals surface area contributed by atoms with Gasteiger partial charge in [-0.25, -0.2) is 0 Å². The summed E-state index contributed by atoms with van der Waals surface area (Å²) in [5.41, 5.74) is 1.70. The fourth-order valence-corrected chi connectivity index (χ4v) is 4.62.